The fourth-order valence-electron chi connectivity index (χ4n) is 3.52. The Morgan fingerprint density at radius 1 is 1.08 bits per heavy atom. The van der Waals surface area contributed by atoms with Gasteiger partial charge in [-0.05, 0) is 50.1 Å². The quantitative estimate of drug-likeness (QED) is 0.761. The summed E-state index contributed by atoms with van der Waals surface area (Å²) in [4.78, 5) is 11.5. The zero-order valence-corrected chi connectivity index (χ0v) is 15.1. The summed E-state index contributed by atoms with van der Waals surface area (Å²) in [5.41, 5.74) is 1.16. The number of para-hydroxylation sites is 1. The summed E-state index contributed by atoms with van der Waals surface area (Å²) in [7, 11) is 0. The van der Waals surface area contributed by atoms with Gasteiger partial charge in [-0.3, -0.25) is 4.98 Å². The van der Waals surface area contributed by atoms with Gasteiger partial charge in [0.1, 0.15) is 5.60 Å². The summed E-state index contributed by atoms with van der Waals surface area (Å²) in [6.45, 7) is 2.91. The van der Waals surface area contributed by atoms with Crippen molar-refractivity contribution in [2.24, 2.45) is 0 Å². The van der Waals surface area contributed by atoms with E-state index in [1.54, 1.807) is 17.5 Å². The Morgan fingerprint density at radius 2 is 1.88 bits per heavy atom. The molecule has 5 heteroatoms. The standard InChI is InChI=1S/C20H23N3OS/c24-20(18-8-3-4-12-21-18)10-14-23(15-11-20)13-5-9-19-22-16-6-1-2-7-17(16)25-19/h1-4,6-8,12,24H,5,9-11,13-15H2. The van der Waals surface area contributed by atoms with E-state index < -0.39 is 5.60 Å². The second-order valence-electron chi connectivity index (χ2n) is 6.77. The van der Waals surface area contributed by atoms with Gasteiger partial charge in [0.05, 0.1) is 20.9 Å². The number of aryl methyl sites for hydroxylation is 1. The minimum absolute atomic E-state index is 0.755. The van der Waals surface area contributed by atoms with E-state index in [1.165, 1.54) is 9.71 Å². The molecule has 4 nitrogen and oxygen atoms in total. The number of aliphatic hydroxyl groups is 1. The highest BCUT2D eigenvalue weighted by Crippen LogP contribution is 2.31. The van der Waals surface area contributed by atoms with E-state index in [0.29, 0.717) is 0 Å². The van der Waals surface area contributed by atoms with Gasteiger partial charge in [0.2, 0.25) is 0 Å². The molecule has 0 aliphatic carbocycles. The molecular weight excluding hydrogens is 330 g/mol. The van der Waals surface area contributed by atoms with Crippen molar-refractivity contribution in [3.63, 3.8) is 0 Å². The molecule has 0 bridgehead atoms. The van der Waals surface area contributed by atoms with Crippen molar-refractivity contribution in [1.29, 1.82) is 0 Å². The number of piperidine rings is 1. The van der Waals surface area contributed by atoms with Crippen LogP contribution < -0.4 is 0 Å². The van der Waals surface area contributed by atoms with Crippen LogP contribution in [-0.2, 0) is 12.0 Å². The van der Waals surface area contributed by atoms with Crippen LogP contribution in [0.3, 0.4) is 0 Å². The molecule has 1 aliphatic heterocycles. The van der Waals surface area contributed by atoms with Crippen LogP contribution in [0.25, 0.3) is 10.2 Å². The maximum absolute atomic E-state index is 10.8. The maximum Gasteiger partial charge on any atom is 0.109 e. The highest BCUT2D eigenvalue weighted by molar-refractivity contribution is 7.18. The minimum atomic E-state index is -0.759. The smallest absolute Gasteiger partial charge is 0.109 e. The molecule has 0 spiro atoms. The third kappa shape index (κ3) is 3.73. The third-order valence-corrected chi connectivity index (χ3v) is 6.12. The first-order chi connectivity index (χ1) is 12.2. The monoisotopic (exact) mass is 353 g/mol. The molecule has 130 valence electrons. The molecule has 4 rings (SSSR count). The van der Waals surface area contributed by atoms with Gasteiger partial charge in [-0.25, -0.2) is 4.98 Å². The fourth-order valence-corrected chi connectivity index (χ4v) is 4.53. The Morgan fingerprint density at radius 3 is 2.64 bits per heavy atom. The number of rotatable bonds is 5. The summed E-state index contributed by atoms with van der Waals surface area (Å²) in [6.07, 6.45) is 5.41. The van der Waals surface area contributed by atoms with Gasteiger partial charge in [-0.2, -0.15) is 0 Å². The molecule has 1 fully saturated rings. The number of fused-ring (bicyclic) bond motifs is 1. The Bertz CT molecular complexity index is 792. The SMILES string of the molecule is OC1(c2ccccn2)CCN(CCCc2nc3ccccc3s2)CC1. The van der Waals surface area contributed by atoms with Crippen LogP contribution in [0, 0.1) is 0 Å². The average molecular weight is 353 g/mol. The van der Waals surface area contributed by atoms with Crippen molar-refractivity contribution in [2.75, 3.05) is 19.6 Å². The lowest BCUT2D eigenvalue weighted by molar-refractivity contribution is -0.0293. The molecular formula is C20H23N3OS. The van der Waals surface area contributed by atoms with Crippen molar-refractivity contribution < 1.29 is 5.11 Å². The van der Waals surface area contributed by atoms with Crippen molar-refractivity contribution in [1.82, 2.24) is 14.9 Å². The highest BCUT2D eigenvalue weighted by atomic mass is 32.1. The number of likely N-dealkylation sites (tertiary alicyclic amines) is 1. The minimum Gasteiger partial charge on any atom is -0.383 e. The summed E-state index contributed by atoms with van der Waals surface area (Å²) < 4.78 is 1.27. The Hall–Kier alpha value is -1.82. The summed E-state index contributed by atoms with van der Waals surface area (Å²) in [6, 6.07) is 14.1. The topological polar surface area (TPSA) is 49.3 Å². The number of nitrogens with zero attached hydrogens (tertiary/aromatic N) is 3. The van der Waals surface area contributed by atoms with Crippen LogP contribution in [0.15, 0.2) is 48.7 Å². The van der Waals surface area contributed by atoms with Crippen LogP contribution in [0.2, 0.25) is 0 Å². The van der Waals surface area contributed by atoms with Gasteiger partial charge >= 0.3 is 0 Å². The van der Waals surface area contributed by atoms with Crippen LogP contribution in [0.5, 0.6) is 0 Å². The molecule has 3 heterocycles. The second kappa shape index (κ2) is 7.20. The van der Waals surface area contributed by atoms with E-state index in [1.807, 2.05) is 24.3 Å². The van der Waals surface area contributed by atoms with E-state index in [-0.39, 0.29) is 0 Å². The summed E-state index contributed by atoms with van der Waals surface area (Å²) in [5.74, 6) is 0. The zero-order valence-electron chi connectivity index (χ0n) is 14.3. The van der Waals surface area contributed by atoms with Gasteiger partial charge in [0.25, 0.3) is 0 Å². The molecule has 0 atom stereocenters. The molecule has 1 aromatic carbocycles. The number of aromatic nitrogens is 2. The fraction of sp³-hybridized carbons (Fsp3) is 0.400. The molecule has 0 amide bonds. The van der Waals surface area contributed by atoms with E-state index in [2.05, 4.69) is 28.1 Å². The zero-order chi connectivity index (χ0) is 17.1. The highest BCUT2D eigenvalue weighted by Gasteiger charge is 2.34. The van der Waals surface area contributed by atoms with Crippen LogP contribution in [0.1, 0.15) is 30.0 Å². The van der Waals surface area contributed by atoms with Crippen LogP contribution >= 0.6 is 11.3 Å². The Kier molecular flexibility index (Phi) is 4.79. The van der Waals surface area contributed by atoms with Gasteiger partial charge < -0.3 is 10.0 Å². The molecule has 3 aromatic rings. The lowest BCUT2D eigenvalue weighted by atomic mass is 9.87. The first-order valence-corrected chi connectivity index (χ1v) is 9.75. The Balaban J connectivity index is 1.27. The molecule has 25 heavy (non-hydrogen) atoms. The summed E-state index contributed by atoms with van der Waals surface area (Å²) in [5, 5.41) is 12.1. The molecule has 0 saturated carbocycles. The first kappa shape index (κ1) is 16.6. The predicted molar refractivity (Wildman–Crippen MR) is 102 cm³/mol. The van der Waals surface area contributed by atoms with Crippen LogP contribution in [-0.4, -0.2) is 39.6 Å². The van der Waals surface area contributed by atoms with E-state index >= 15 is 0 Å². The van der Waals surface area contributed by atoms with Crippen LogP contribution in [0.4, 0.5) is 0 Å². The number of hydrogen-bond donors (Lipinski definition) is 1. The number of hydrogen-bond acceptors (Lipinski definition) is 5. The average Bonchev–Trinajstić information content (AvgIpc) is 3.07. The maximum atomic E-state index is 10.8. The van der Waals surface area contributed by atoms with Crippen molar-refractivity contribution in [3.8, 4) is 0 Å². The van der Waals surface area contributed by atoms with Gasteiger partial charge in [0.15, 0.2) is 0 Å². The predicted octanol–water partition coefficient (Wildman–Crippen LogP) is 3.61. The number of benzene rings is 1. The van der Waals surface area contributed by atoms with Crippen molar-refractivity contribution >= 4 is 21.6 Å². The van der Waals surface area contributed by atoms with Gasteiger partial charge in [0, 0.05) is 25.7 Å². The lowest BCUT2D eigenvalue weighted by Gasteiger charge is -2.37. The first-order valence-electron chi connectivity index (χ1n) is 8.94. The van der Waals surface area contributed by atoms with Gasteiger partial charge in [-0.1, -0.05) is 18.2 Å². The summed E-state index contributed by atoms with van der Waals surface area (Å²) >= 11 is 1.80. The van der Waals surface area contributed by atoms with Gasteiger partial charge in [-0.15, -0.1) is 11.3 Å². The molecule has 0 unspecified atom stereocenters. The molecule has 2 aromatic heterocycles. The van der Waals surface area contributed by atoms with Crippen molar-refractivity contribution in [3.05, 3.63) is 59.4 Å². The molecule has 1 saturated heterocycles. The Labute approximate surface area is 152 Å². The number of thiazole rings is 1. The largest absolute Gasteiger partial charge is 0.383 e. The molecule has 0 radical (unpaired) electrons. The molecule has 1 N–H and O–H groups in total. The van der Waals surface area contributed by atoms with E-state index in [4.69, 9.17) is 4.98 Å². The lowest BCUT2D eigenvalue weighted by Crippen LogP contribution is -2.43. The normalized spacial score (nSPS) is 17.8. The van der Waals surface area contributed by atoms with Crippen molar-refractivity contribution in [2.45, 2.75) is 31.3 Å². The number of pyridine rings is 1. The third-order valence-electron chi connectivity index (χ3n) is 5.03. The van der Waals surface area contributed by atoms with E-state index in [9.17, 15) is 5.11 Å². The molecule has 1 aliphatic rings. The van der Waals surface area contributed by atoms with E-state index in [0.717, 1.165) is 56.5 Å². The second-order valence-corrected chi connectivity index (χ2v) is 7.88.